The SMILES string of the molecule is CC(C)(C)N([PH+](N(C(C)(C)C)C(C)(C)C)N(C(C)(C)C)C(C)(C)C)C(C)(C)C.CC(C)(C)N([PH+](N(C(C)(C)C)C(C)(C)C)N(C(C)(C)C)C(C)(C)C)C(C)(C)C.[Cl-].[N-]=[N+]=[N-]. The Labute approximate surface area is 387 Å². The number of rotatable bonds is 6. The summed E-state index contributed by atoms with van der Waals surface area (Å²) in [5.41, 5.74) is 14.1. The van der Waals surface area contributed by atoms with E-state index in [-0.39, 0.29) is 78.9 Å². The molecule has 364 valence electrons. The van der Waals surface area contributed by atoms with Crippen LogP contribution in [0.2, 0.25) is 0 Å². The van der Waals surface area contributed by atoms with E-state index >= 15 is 0 Å². The predicted octanol–water partition coefficient (Wildman–Crippen LogP) is 13.2. The zero-order chi connectivity index (χ0) is 49.3. The van der Waals surface area contributed by atoms with Crippen LogP contribution in [0.25, 0.3) is 16.0 Å². The van der Waals surface area contributed by atoms with Crippen LogP contribution in [-0.2, 0) is 0 Å². The topological polar surface area (TPSA) is 78.1 Å². The highest BCUT2D eigenvalue weighted by Gasteiger charge is 2.61. The van der Waals surface area contributed by atoms with Crippen molar-refractivity contribution < 1.29 is 12.4 Å². The highest BCUT2D eigenvalue weighted by atomic mass is 35.5. The Kier molecular flexibility index (Phi) is 23.7. The van der Waals surface area contributed by atoms with Gasteiger partial charge in [0, 0.05) is 0 Å². The molecule has 0 aliphatic rings. The summed E-state index contributed by atoms with van der Waals surface area (Å²) in [5.74, 6) is 0. The maximum absolute atomic E-state index is 6.75. The molecule has 0 aliphatic heterocycles. The van der Waals surface area contributed by atoms with Crippen LogP contribution in [0.3, 0.4) is 0 Å². The third-order valence-electron chi connectivity index (χ3n) is 9.25. The van der Waals surface area contributed by atoms with Gasteiger partial charge in [0.05, 0.1) is 66.5 Å². The molecule has 0 N–H and O–H groups in total. The standard InChI is InChI=1S/2C24H54N3P.ClH.N3/c2*1-19(2,3)25(20(4,5)6)28(26(21(7,8)9)22(10,11)12)27(23(13,14)15)24(16,17)18;;1-3-2/h2*1-18H3;1H;/q;;;-1/p+1. The Morgan fingerprint density at radius 1 is 0.217 bits per heavy atom. The van der Waals surface area contributed by atoms with Crippen LogP contribution in [-0.4, -0.2) is 94.5 Å². The molecule has 60 heavy (non-hydrogen) atoms. The summed E-state index contributed by atoms with van der Waals surface area (Å²) in [5, 5.41) is 0. The first kappa shape index (κ1) is 66.8. The summed E-state index contributed by atoms with van der Waals surface area (Å²) in [7, 11) is -2.61. The fraction of sp³-hybridized carbons (Fsp3) is 1.00. The van der Waals surface area contributed by atoms with E-state index in [0.29, 0.717) is 0 Å². The molecule has 0 rings (SSSR count). The lowest BCUT2D eigenvalue weighted by molar-refractivity contribution is -0.0000804. The van der Waals surface area contributed by atoms with Crippen LogP contribution in [0, 0.1) is 0 Å². The lowest BCUT2D eigenvalue weighted by Crippen LogP contribution is -3.00. The first-order valence-electron chi connectivity index (χ1n) is 22.4. The molecular formula is C48H110ClN9P2. The number of hydrogen-bond donors (Lipinski definition) is 0. The maximum Gasteiger partial charge on any atom is 0.216 e. The molecule has 0 spiro atoms. The quantitative estimate of drug-likeness (QED) is 0.114. The Hall–Kier alpha value is 0.220. The van der Waals surface area contributed by atoms with E-state index in [1.807, 2.05) is 0 Å². The van der Waals surface area contributed by atoms with Gasteiger partial charge < -0.3 is 23.5 Å². The summed E-state index contributed by atoms with van der Waals surface area (Å²) in [6.45, 7) is 85.9. The molecule has 0 unspecified atom stereocenters. The van der Waals surface area contributed by atoms with Gasteiger partial charge in [-0.2, -0.15) is 0 Å². The minimum Gasteiger partial charge on any atom is -1.00 e. The van der Waals surface area contributed by atoms with Crippen molar-refractivity contribution in [3.8, 4) is 0 Å². The molecule has 0 heterocycles. The fourth-order valence-electron chi connectivity index (χ4n) is 10.2. The first-order valence-corrected chi connectivity index (χ1v) is 25.1. The average molecular weight is 911 g/mol. The van der Waals surface area contributed by atoms with Crippen LogP contribution in [0.1, 0.15) is 249 Å². The van der Waals surface area contributed by atoms with Gasteiger partial charge in [0.15, 0.2) is 0 Å². The third-order valence-corrected chi connectivity index (χ3v) is 19.7. The molecule has 0 aliphatic carbocycles. The smallest absolute Gasteiger partial charge is 0.216 e. The van der Waals surface area contributed by atoms with E-state index < -0.39 is 16.7 Å². The van der Waals surface area contributed by atoms with Crippen LogP contribution >= 0.6 is 16.7 Å². The molecule has 12 heteroatoms. The van der Waals surface area contributed by atoms with Crippen molar-refractivity contribution in [3.05, 3.63) is 16.0 Å². The molecule has 0 radical (unpaired) electrons. The van der Waals surface area contributed by atoms with Gasteiger partial charge in [0.2, 0.25) is 16.7 Å². The van der Waals surface area contributed by atoms with Gasteiger partial charge in [0.25, 0.3) is 0 Å². The Balaban J connectivity index is -0.000000482. The average Bonchev–Trinajstić information content (AvgIpc) is 2.73. The molecule has 0 fully saturated rings. The third kappa shape index (κ3) is 20.6. The van der Waals surface area contributed by atoms with Crippen molar-refractivity contribution in [2.45, 2.75) is 316 Å². The van der Waals surface area contributed by atoms with Crippen molar-refractivity contribution in [1.82, 2.24) is 28.0 Å². The van der Waals surface area contributed by atoms with Crippen LogP contribution in [0.4, 0.5) is 0 Å². The summed E-state index contributed by atoms with van der Waals surface area (Å²) >= 11 is 0. The summed E-state index contributed by atoms with van der Waals surface area (Å²) in [6.07, 6.45) is 0. The van der Waals surface area contributed by atoms with E-state index in [1.165, 1.54) is 4.91 Å². The molecule has 0 atom stereocenters. The van der Waals surface area contributed by atoms with Crippen LogP contribution in [0.5, 0.6) is 0 Å². The second-order valence-corrected chi connectivity index (χ2v) is 32.6. The molecule has 0 saturated heterocycles. The van der Waals surface area contributed by atoms with Crippen molar-refractivity contribution >= 4 is 16.7 Å². The second-order valence-electron chi connectivity index (χ2n) is 28.8. The monoisotopic (exact) mass is 910 g/mol. The fourth-order valence-corrected chi connectivity index (χ4v) is 18.6. The number of hydrogen-bond acceptors (Lipinski definition) is 6. The van der Waals surface area contributed by atoms with Gasteiger partial charge in [-0.25, -0.2) is 0 Å². The minimum absolute atomic E-state index is 0. The van der Waals surface area contributed by atoms with Crippen molar-refractivity contribution in [1.29, 1.82) is 0 Å². The second kappa shape index (κ2) is 21.2. The molecule has 0 aromatic rings. The van der Waals surface area contributed by atoms with Crippen molar-refractivity contribution in [2.75, 3.05) is 0 Å². The van der Waals surface area contributed by atoms with E-state index in [1.54, 1.807) is 0 Å². The van der Waals surface area contributed by atoms with Gasteiger partial charge in [-0.1, -0.05) is 0 Å². The molecular weight excluding hydrogens is 800 g/mol. The molecule has 0 aromatic carbocycles. The maximum atomic E-state index is 6.75. The molecule has 0 aromatic heterocycles. The molecule has 0 amide bonds. The Bertz CT molecular complexity index is 961. The first-order chi connectivity index (χ1) is 24.9. The van der Waals surface area contributed by atoms with E-state index in [0.717, 1.165) is 0 Å². The van der Waals surface area contributed by atoms with Crippen molar-refractivity contribution in [2.24, 2.45) is 0 Å². The van der Waals surface area contributed by atoms with Gasteiger partial charge in [-0.15, -0.1) is 28.0 Å². The normalized spacial score (nSPS) is 15.1. The van der Waals surface area contributed by atoms with E-state index in [4.69, 9.17) is 11.1 Å². The zero-order valence-corrected chi connectivity index (χ0v) is 50.2. The van der Waals surface area contributed by atoms with Gasteiger partial charge in [0.1, 0.15) is 0 Å². The van der Waals surface area contributed by atoms with E-state index in [2.05, 4.69) is 277 Å². The molecule has 0 saturated carbocycles. The lowest BCUT2D eigenvalue weighted by Gasteiger charge is -2.58. The number of nitrogens with zero attached hydrogens (tertiary/aromatic N) is 9. The minimum atomic E-state index is -1.30. The summed E-state index contributed by atoms with van der Waals surface area (Å²) < 4.78 is 17.0. The summed E-state index contributed by atoms with van der Waals surface area (Å²) in [4.78, 5) is 1.50. The molecule has 9 nitrogen and oxygen atoms in total. The van der Waals surface area contributed by atoms with Gasteiger partial charge >= 0.3 is 0 Å². The van der Waals surface area contributed by atoms with Crippen molar-refractivity contribution in [3.63, 3.8) is 0 Å². The van der Waals surface area contributed by atoms with Crippen LogP contribution < -0.4 is 12.4 Å². The Morgan fingerprint density at radius 2 is 0.267 bits per heavy atom. The van der Waals surface area contributed by atoms with Crippen LogP contribution in [0.15, 0.2) is 0 Å². The Morgan fingerprint density at radius 3 is 0.300 bits per heavy atom. The molecule has 0 bridgehead atoms. The lowest BCUT2D eigenvalue weighted by atomic mass is 10.0. The van der Waals surface area contributed by atoms with Gasteiger partial charge in [-0.05, 0) is 249 Å². The highest BCUT2D eigenvalue weighted by Crippen LogP contribution is 2.65. The van der Waals surface area contributed by atoms with E-state index in [9.17, 15) is 0 Å². The zero-order valence-electron chi connectivity index (χ0n) is 47.4. The number of halogens is 1. The largest absolute Gasteiger partial charge is 1.00 e. The highest BCUT2D eigenvalue weighted by molar-refractivity contribution is 7.50. The predicted molar refractivity (Wildman–Crippen MR) is 275 cm³/mol. The van der Waals surface area contributed by atoms with Gasteiger partial charge in [-0.3, -0.25) is 4.91 Å². The summed E-state index contributed by atoms with van der Waals surface area (Å²) in [6, 6.07) is 0.